The van der Waals surface area contributed by atoms with Gasteiger partial charge >= 0.3 is 0 Å². The monoisotopic (exact) mass is 356 g/mol. The van der Waals surface area contributed by atoms with Gasteiger partial charge in [-0.3, -0.25) is 4.90 Å². The zero-order chi connectivity index (χ0) is 18.1. The molecule has 0 saturated carbocycles. The number of methoxy groups -OCH3 is 1. The van der Waals surface area contributed by atoms with Gasteiger partial charge in [-0.15, -0.1) is 0 Å². The number of benzene rings is 1. The van der Waals surface area contributed by atoms with Crippen LogP contribution in [0.5, 0.6) is 0 Å². The van der Waals surface area contributed by atoms with Gasteiger partial charge in [-0.1, -0.05) is 42.5 Å². The molecular formula is C22H32N2O2. The topological polar surface area (TPSA) is 33.7 Å². The molecule has 26 heavy (non-hydrogen) atoms. The second kappa shape index (κ2) is 10.0. The van der Waals surface area contributed by atoms with Gasteiger partial charge in [0.2, 0.25) is 0 Å². The molecule has 1 N–H and O–H groups in total. The molecule has 142 valence electrons. The summed E-state index contributed by atoms with van der Waals surface area (Å²) in [6.45, 7) is 5.76. The van der Waals surface area contributed by atoms with Crippen molar-refractivity contribution in [2.45, 2.75) is 31.4 Å². The lowest BCUT2D eigenvalue weighted by Crippen LogP contribution is -2.57. The lowest BCUT2D eigenvalue weighted by molar-refractivity contribution is -0.125. The molecule has 0 aromatic heterocycles. The van der Waals surface area contributed by atoms with Crippen molar-refractivity contribution >= 4 is 5.57 Å². The molecule has 1 saturated heterocycles. The van der Waals surface area contributed by atoms with E-state index in [0.717, 1.165) is 65.1 Å². The van der Waals surface area contributed by atoms with Crippen LogP contribution in [-0.2, 0) is 9.47 Å². The summed E-state index contributed by atoms with van der Waals surface area (Å²) < 4.78 is 11.6. The second-order valence-corrected chi connectivity index (χ2v) is 7.05. The highest BCUT2D eigenvalue weighted by atomic mass is 16.5. The van der Waals surface area contributed by atoms with E-state index in [1.807, 2.05) is 0 Å². The fourth-order valence-electron chi connectivity index (χ4n) is 3.71. The van der Waals surface area contributed by atoms with Crippen LogP contribution in [0, 0.1) is 0 Å². The molecule has 0 bridgehead atoms. The van der Waals surface area contributed by atoms with Gasteiger partial charge in [-0.25, -0.2) is 0 Å². The van der Waals surface area contributed by atoms with Crippen molar-refractivity contribution in [3.05, 3.63) is 54.1 Å². The van der Waals surface area contributed by atoms with Crippen LogP contribution in [0.4, 0.5) is 0 Å². The highest BCUT2D eigenvalue weighted by Gasteiger charge is 2.36. The van der Waals surface area contributed by atoms with Crippen molar-refractivity contribution < 1.29 is 9.47 Å². The predicted octanol–water partition coefficient (Wildman–Crippen LogP) is 3.46. The smallest absolute Gasteiger partial charge is 0.144 e. The number of nitrogens with one attached hydrogen (secondary N) is 1. The van der Waals surface area contributed by atoms with Gasteiger partial charge in [-0.2, -0.15) is 0 Å². The Balaban J connectivity index is 1.63. The van der Waals surface area contributed by atoms with Crippen molar-refractivity contribution in [3.8, 4) is 0 Å². The standard InChI is InChI=1S/C22H32N2O2/c1-25-18-6-3-7-19-26-22(24-16-14-23-15-17-24)12-10-21(11-13-22)20-8-4-2-5-9-20/h2,4-5,8-12,23H,3,6-7,13-19H2,1H3. The fourth-order valence-corrected chi connectivity index (χ4v) is 3.71. The first-order valence-corrected chi connectivity index (χ1v) is 9.87. The number of piperazine rings is 1. The Hall–Kier alpha value is -1.46. The van der Waals surface area contributed by atoms with Gasteiger partial charge in [-0.05, 0) is 36.5 Å². The quantitative estimate of drug-likeness (QED) is 0.687. The molecule has 1 heterocycles. The van der Waals surface area contributed by atoms with Gasteiger partial charge in [0.15, 0.2) is 0 Å². The highest BCUT2D eigenvalue weighted by molar-refractivity contribution is 5.75. The number of unbranched alkanes of at least 4 members (excludes halogenated alkanes) is 2. The Morgan fingerprint density at radius 3 is 2.50 bits per heavy atom. The van der Waals surface area contributed by atoms with Crippen molar-refractivity contribution in [1.82, 2.24) is 10.2 Å². The first-order chi connectivity index (χ1) is 12.8. The third-order valence-electron chi connectivity index (χ3n) is 5.24. The fraction of sp³-hybridized carbons (Fsp3) is 0.545. The Bertz CT molecular complexity index is 593. The highest BCUT2D eigenvalue weighted by Crippen LogP contribution is 2.33. The van der Waals surface area contributed by atoms with E-state index in [1.165, 1.54) is 11.1 Å². The van der Waals surface area contributed by atoms with Crippen molar-refractivity contribution in [1.29, 1.82) is 0 Å². The minimum absolute atomic E-state index is 0.290. The summed E-state index contributed by atoms with van der Waals surface area (Å²) in [4.78, 5) is 2.49. The Morgan fingerprint density at radius 2 is 1.81 bits per heavy atom. The number of allylic oxidation sites excluding steroid dienone is 2. The summed E-state index contributed by atoms with van der Waals surface area (Å²) in [6.07, 6.45) is 11.1. The summed E-state index contributed by atoms with van der Waals surface area (Å²) in [5.41, 5.74) is 2.28. The first kappa shape index (κ1) is 19.3. The summed E-state index contributed by atoms with van der Waals surface area (Å²) >= 11 is 0. The van der Waals surface area contributed by atoms with E-state index in [9.17, 15) is 0 Å². The maximum atomic E-state index is 6.50. The zero-order valence-corrected chi connectivity index (χ0v) is 16.0. The van der Waals surface area contributed by atoms with Crippen LogP contribution < -0.4 is 5.32 Å². The Labute approximate surface area is 157 Å². The largest absolute Gasteiger partial charge is 0.385 e. The maximum Gasteiger partial charge on any atom is 0.144 e. The number of ether oxygens (including phenoxy) is 2. The molecule has 2 aliphatic rings. The minimum Gasteiger partial charge on any atom is -0.385 e. The SMILES string of the molecule is COCCCCCOC1(N2CCNCC2)C=CC(c2ccccc2)=CC1. The van der Waals surface area contributed by atoms with Crippen LogP contribution in [0.2, 0.25) is 0 Å². The third kappa shape index (κ3) is 5.04. The van der Waals surface area contributed by atoms with Gasteiger partial charge in [0.25, 0.3) is 0 Å². The number of hydrogen-bond acceptors (Lipinski definition) is 4. The van der Waals surface area contributed by atoms with Crippen LogP contribution >= 0.6 is 0 Å². The van der Waals surface area contributed by atoms with Crippen molar-refractivity contribution in [2.75, 3.05) is 46.5 Å². The molecule has 0 amide bonds. The third-order valence-corrected chi connectivity index (χ3v) is 5.24. The predicted molar refractivity (Wildman–Crippen MR) is 107 cm³/mol. The summed E-state index contributed by atoms with van der Waals surface area (Å²) in [5.74, 6) is 0. The molecule has 3 rings (SSSR count). The molecule has 1 aromatic rings. The van der Waals surface area contributed by atoms with Gasteiger partial charge < -0.3 is 14.8 Å². The molecule has 1 atom stereocenters. The molecule has 4 heteroatoms. The molecule has 1 fully saturated rings. The normalized spacial score (nSPS) is 23.8. The molecular weight excluding hydrogens is 324 g/mol. The first-order valence-electron chi connectivity index (χ1n) is 9.87. The number of rotatable bonds is 9. The van der Waals surface area contributed by atoms with E-state index < -0.39 is 0 Å². The number of nitrogens with zero attached hydrogens (tertiary/aromatic N) is 1. The average molecular weight is 357 g/mol. The molecule has 1 aliphatic heterocycles. The molecule has 4 nitrogen and oxygen atoms in total. The van der Waals surface area contributed by atoms with Crippen LogP contribution in [0.15, 0.2) is 48.6 Å². The minimum atomic E-state index is -0.290. The second-order valence-electron chi connectivity index (χ2n) is 7.05. The molecule has 1 aromatic carbocycles. The molecule has 1 aliphatic carbocycles. The van der Waals surface area contributed by atoms with Crippen LogP contribution in [-0.4, -0.2) is 57.1 Å². The van der Waals surface area contributed by atoms with Crippen LogP contribution in [0.25, 0.3) is 5.57 Å². The molecule has 0 spiro atoms. The van der Waals surface area contributed by atoms with E-state index in [0.29, 0.717) is 0 Å². The van der Waals surface area contributed by atoms with E-state index in [2.05, 4.69) is 58.8 Å². The van der Waals surface area contributed by atoms with Crippen molar-refractivity contribution in [3.63, 3.8) is 0 Å². The van der Waals surface area contributed by atoms with E-state index in [1.54, 1.807) is 7.11 Å². The maximum absolute atomic E-state index is 6.50. The summed E-state index contributed by atoms with van der Waals surface area (Å²) in [5, 5.41) is 3.45. The van der Waals surface area contributed by atoms with E-state index in [-0.39, 0.29) is 5.72 Å². The van der Waals surface area contributed by atoms with Crippen LogP contribution in [0.3, 0.4) is 0 Å². The Morgan fingerprint density at radius 1 is 1.04 bits per heavy atom. The average Bonchev–Trinajstić information content (AvgIpc) is 2.72. The molecule has 1 unspecified atom stereocenters. The lowest BCUT2D eigenvalue weighted by Gasteiger charge is -2.44. The Kier molecular flexibility index (Phi) is 7.44. The van der Waals surface area contributed by atoms with Gasteiger partial charge in [0.1, 0.15) is 5.72 Å². The zero-order valence-electron chi connectivity index (χ0n) is 16.0. The van der Waals surface area contributed by atoms with Crippen LogP contribution in [0.1, 0.15) is 31.2 Å². The lowest BCUT2D eigenvalue weighted by atomic mass is 9.93. The number of hydrogen-bond donors (Lipinski definition) is 1. The van der Waals surface area contributed by atoms with E-state index in [4.69, 9.17) is 9.47 Å². The molecule has 0 radical (unpaired) electrons. The van der Waals surface area contributed by atoms with Crippen molar-refractivity contribution in [2.24, 2.45) is 0 Å². The summed E-state index contributed by atoms with van der Waals surface area (Å²) in [6, 6.07) is 10.6. The van der Waals surface area contributed by atoms with E-state index >= 15 is 0 Å². The van der Waals surface area contributed by atoms with Gasteiger partial charge in [0, 0.05) is 52.9 Å². The summed E-state index contributed by atoms with van der Waals surface area (Å²) in [7, 11) is 1.76. The van der Waals surface area contributed by atoms with Gasteiger partial charge in [0.05, 0.1) is 0 Å².